The standard InChI is InChI=1S/C16H23N3O2/c1-16(2,3)14(20-4)15-18-13(21-19-15)10-12(17)11-8-6-5-7-9-11/h5-9,12,14H,10,17H2,1-4H3. The van der Waals surface area contributed by atoms with Crippen LogP contribution in [0.15, 0.2) is 34.9 Å². The molecular formula is C16H23N3O2. The summed E-state index contributed by atoms with van der Waals surface area (Å²) in [5.41, 5.74) is 7.12. The van der Waals surface area contributed by atoms with E-state index in [2.05, 4.69) is 30.9 Å². The van der Waals surface area contributed by atoms with Crippen LogP contribution in [0.3, 0.4) is 0 Å². The number of nitrogens with zero attached hydrogens (tertiary/aromatic N) is 2. The molecule has 5 heteroatoms. The topological polar surface area (TPSA) is 74.2 Å². The molecule has 0 fully saturated rings. The van der Waals surface area contributed by atoms with Crippen molar-refractivity contribution in [3.8, 4) is 0 Å². The molecule has 0 radical (unpaired) electrons. The number of nitrogens with two attached hydrogens (primary N) is 1. The number of rotatable bonds is 5. The summed E-state index contributed by atoms with van der Waals surface area (Å²) >= 11 is 0. The quantitative estimate of drug-likeness (QED) is 0.915. The molecule has 1 aromatic carbocycles. The van der Waals surface area contributed by atoms with Gasteiger partial charge in [0.15, 0.2) is 0 Å². The fraction of sp³-hybridized carbons (Fsp3) is 0.500. The van der Waals surface area contributed by atoms with E-state index in [9.17, 15) is 0 Å². The second-order valence-electron chi connectivity index (χ2n) is 6.25. The number of hydrogen-bond acceptors (Lipinski definition) is 5. The first-order chi connectivity index (χ1) is 9.91. The summed E-state index contributed by atoms with van der Waals surface area (Å²) in [5, 5.41) is 4.03. The summed E-state index contributed by atoms with van der Waals surface area (Å²) in [6.07, 6.45) is 0.306. The van der Waals surface area contributed by atoms with Gasteiger partial charge in [-0.05, 0) is 11.0 Å². The lowest BCUT2D eigenvalue weighted by Gasteiger charge is -2.26. The monoisotopic (exact) mass is 289 g/mol. The molecule has 114 valence electrons. The number of methoxy groups -OCH3 is 1. The highest BCUT2D eigenvalue weighted by atomic mass is 16.5. The van der Waals surface area contributed by atoms with E-state index >= 15 is 0 Å². The lowest BCUT2D eigenvalue weighted by Crippen LogP contribution is -2.21. The van der Waals surface area contributed by atoms with Crippen molar-refractivity contribution in [3.63, 3.8) is 0 Å². The molecule has 0 aliphatic carbocycles. The van der Waals surface area contributed by atoms with Crippen LogP contribution >= 0.6 is 0 Å². The number of benzene rings is 1. The SMILES string of the molecule is COC(c1noc(CC(N)c2ccccc2)n1)C(C)(C)C. The summed E-state index contributed by atoms with van der Waals surface area (Å²) in [4.78, 5) is 4.43. The Morgan fingerprint density at radius 3 is 2.48 bits per heavy atom. The minimum absolute atomic E-state index is 0.0998. The number of aromatic nitrogens is 2. The Morgan fingerprint density at radius 2 is 1.90 bits per heavy atom. The molecule has 0 saturated heterocycles. The predicted molar refractivity (Wildman–Crippen MR) is 80.6 cm³/mol. The average Bonchev–Trinajstić information content (AvgIpc) is 2.87. The summed E-state index contributed by atoms with van der Waals surface area (Å²) in [6.45, 7) is 6.23. The lowest BCUT2D eigenvalue weighted by molar-refractivity contribution is 0.00718. The Bertz CT molecular complexity index is 560. The zero-order valence-corrected chi connectivity index (χ0v) is 13.0. The predicted octanol–water partition coefficient (Wildman–Crippen LogP) is 3.05. The summed E-state index contributed by atoms with van der Waals surface area (Å²) in [5.74, 6) is 1.10. The van der Waals surface area contributed by atoms with Crippen LogP contribution in [-0.4, -0.2) is 17.3 Å². The second-order valence-corrected chi connectivity index (χ2v) is 6.25. The van der Waals surface area contributed by atoms with Crippen molar-refractivity contribution in [3.05, 3.63) is 47.6 Å². The Hall–Kier alpha value is -1.72. The molecule has 2 N–H and O–H groups in total. The van der Waals surface area contributed by atoms with Gasteiger partial charge in [-0.1, -0.05) is 56.3 Å². The first-order valence-electron chi connectivity index (χ1n) is 7.07. The highest BCUT2D eigenvalue weighted by Gasteiger charge is 2.30. The molecule has 2 aromatic rings. The number of ether oxygens (including phenoxy) is 1. The van der Waals surface area contributed by atoms with Gasteiger partial charge in [0, 0.05) is 19.6 Å². The van der Waals surface area contributed by atoms with Gasteiger partial charge in [0.2, 0.25) is 11.7 Å². The van der Waals surface area contributed by atoms with E-state index in [0.29, 0.717) is 18.1 Å². The zero-order chi connectivity index (χ0) is 15.5. The van der Waals surface area contributed by atoms with E-state index in [1.54, 1.807) is 7.11 Å². The fourth-order valence-corrected chi connectivity index (χ4v) is 2.31. The summed E-state index contributed by atoms with van der Waals surface area (Å²) in [6, 6.07) is 9.73. The molecule has 0 amide bonds. The highest BCUT2D eigenvalue weighted by Crippen LogP contribution is 2.33. The van der Waals surface area contributed by atoms with Crippen molar-refractivity contribution in [2.45, 2.75) is 39.3 Å². The van der Waals surface area contributed by atoms with Gasteiger partial charge in [0.25, 0.3) is 0 Å². The maximum atomic E-state index is 6.17. The van der Waals surface area contributed by atoms with Crippen LogP contribution in [0.1, 0.15) is 50.2 Å². The third kappa shape index (κ3) is 3.89. The second kappa shape index (κ2) is 6.37. The zero-order valence-electron chi connectivity index (χ0n) is 13.0. The van der Waals surface area contributed by atoms with Gasteiger partial charge in [-0.3, -0.25) is 0 Å². The molecule has 5 nitrogen and oxygen atoms in total. The van der Waals surface area contributed by atoms with E-state index < -0.39 is 0 Å². The Kier molecular flexibility index (Phi) is 4.75. The van der Waals surface area contributed by atoms with Crippen molar-refractivity contribution in [1.82, 2.24) is 10.1 Å². The summed E-state index contributed by atoms with van der Waals surface area (Å²) < 4.78 is 10.8. The molecule has 1 heterocycles. The van der Waals surface area contributed by atoms with Crippen molar-refractivity contribution < 1.29 is 9.26 Å². The van der Waals surface area contributed by atoms with E-state index in [1.807, 2.05) is 30.3 Å². The molecule has 21 heavy (non-hydrogen) atoms. The smallest absolute Gasteiger partial charge is 0.228 e. The van der Waals surface area contributed by atoms with Crippen molar-refractivity contribution in [2.75, 3.05) is 7.11 Å². The van der Waals surface area contributed by atoms with E-state index in [0.717, 1.165) is 5.56 Å². The van der Waals surface area contributed by atoms with Crippen LogP contribution < -0.4 is 5.73 Å². The van der Waals surface area contributed by atoms with Crippen LogP contribution in [0.5, 0.6) is 0 Å². The molecular weight excluding hydrogens is 266 g/mol. The van der Waals surface area contributed by atoms with Crippen molar-refractivity contribution in [1.29, 1.82) is 0 Å². The molecule has 0 spiro atoms. The first kappa shape index (κ1) is 15.7. The van der Waals surface area contributed by atoms with Crippen LogP contribution in [0.2, 0.25) is 0 Å². The van der Waals surface area contributed by atoms with E-state index in [4.69, 9.17) is 15.0 Å². The third-order valence-electron chi connectivity index (χ3n) is 3.36. The largest absolute Gasteiger partial charge is 0.373 e. The van der Waals surface area contributed by atoms with Gasteiger partial charge in [0.1, 0.15) is 6.10 Å². The van der Waals surface area contributed by atoms with Gasteiger partial charge in [-0.15, -0.1) is 0 Å². The van der Waals surface area contributed by atoms with Gasteiger partial charge in [-0.2, -0.15) is 4.98 Å². The van der Waals surface area contributed by atoms with Crippen LogP contribution in [0.25, 0.3) is 0 Å². The molecule has 0 aliphatic heterocycles. The van der Waals surface area contributed by atoms with Crippen LogP contribution in [-0.2, 0) is 11.2 Å². The Morgan fingerprint density at radius 1 is 1.24 bits per heavy atom. The Labute approximate surface area is 125 Å². The lowest BCUT2D eigenvalue weighted by atomic mass is 9.88. The molecule has 0 aliphatic rings. The third-order valence-corrected chi connectivity index (χ3v) is 3.36. The molecule has 2 atom stereocenters. The molecule has 0 bridgehead atoms. The minimum Gasteiger partial charge on any atom is -0.373 e. The van der Waals surface area contributed by atoms with Gasteiger partial charge in [0.05, 0.1) is 0 Å². The number of hydrogen-bond donors (Lipinski definition) is 1. The average molecular weight is 289 g/mol. The maximum Gasteiger partial charge on any atom is 0.228 e. The fourth-order valence-electron chi connectivity index (χ4n) is 2.31. The Balaban J connectivity index is 2.10. The van der Waals surface area contributed by atoms with E-state index in [1.165, 1.54) is 0 Å². The molecule has 1 aromatic heterocycles. The molecule has 2 rings (SSSR count). The normalized spacial score (nSPS) is 14.9. The highest BCUT2D eigenvalue weighted by molar-refractivity contribution is 5.19. The summed E-state index contributed by atoms with van der Waals surface area (Å²) in [7, 11) is 1.65. The van der Waals surface area contributed by atoms with Gasteiger partial charge in [-0.25, -0.2) is 0 Å². The van der Waals surface area contributed by atoms with Crippen LogP contribution in [0.4, 0.5) is 0 Å². The van der Waals surface area contributed by atoms with Crippen LogP contribution in [0, 0.1) is 5.41 Å². The molecule has 2 unspecified atom stereocenters. The minimum atomic E-state index is -0.206. The van der Waals surface area contributed by atoms with Crippen molar-refractivity contribution >= 4 is 0 Å². The van der Waals surface area contributed by atoms with Crippen molar-refractivity contribution in [2.24, 2.45) is 11.1 Å². The van der Waals surface area contributed by atoms with Gasteiger partial charge < -0.3 is 15.0 Å². The molecule has 0 saturated carbocycles. The van der Waals surface area contributed by atoms with E-state index in [-0.39, 0.29) is 17.6 Å². The maximum absolute atomic E-state index is 6.17. The van der Waals surface area contributed by atoms with Gasteiger partial charge >= 0.3 is 0 Å². The first-order valence-corrected chi connectivity index (χ1v) is 7.07.